The topological polar surface area (TPSA) is 70.2 Å². The molecule has 1 fully saturated rings. The highest BCUT2D eigenvalue weighted by atomic mass is 35.5. The van der Waals surface area contributed by atoms with Crippen molar-refractivity contribution < 1.29 is 4.79 Å². The standard InChI is InChI=1S/C21H27Cl2N5O/c1-13-8-19(28(2)3)27-21(25-13)26-18-6-4-15(5-7-18)20(29)24-12-14-9-16(22)11-17(23)10-14/h8-11,15,18H,4-7,12H2,1-3H3,(H,24,29)(H,25,26,27)/t15-,18+. The summed E-state index contributed by atoms with van der Waals surface area (Å²) in [7, 11) is 3.93. The summed E-state index contributed by atoms with van der Waals surface area (Å²) < 4.78 is 0. The van der Waals surface area contributed by atoms with E-state index in [-0.39, 0.29) is 17.9 Å². The smallest absolute Gasteiger partial charge is 0.225 e. The molecule has 0 radical (unpaired) electrons. The van der Waals surface area contributed by atoms with E-state index in [0.29, 0.717) is 22.5 Å². The van der Waals surface area contributed by atoms with Crippen LogP contribution in [0.25, 0.3) is 0 Å². The van der Waals surface area contributed by atoms with E-state index < -0.39 is 0 Å². The van der Waals surface area contributed by atoms with Gasteiger partial charge >= 0.3 is 0 Å². The van der Waals surface area contributed by atoms with Crippen LogP contribution in [0.15, 0.2) is 24.3 Å². The summed E-state index contributed by atoms with van der Waals surface area (Å²) in [6, 6.07) is 7.56. The highest BCUT2D eigenvalue weighted by Crippen LogP contribution is 2.27. The number of carbonyl (C=O) groups is 1. The van der Waals surface area contributed by atoms with Crippen molar-refractivity contribution in [2.45, 2.75) is 45.2 Å². The summed E-state index contributed by atoms with van der Waals surface area (Å²) in [5.41, 5.74) is 1.83. The van der Waals surface area contributed by atoms with Gasteiger partial charge in [0.25, 0.3) is 0 Å². The van der Waals surface area contributed by atoms with Gasteiger partial charge < -0.3 is 15.5 Å². The molecule has 6 nitrogen and oxygen atoms in total. The van der Waals surface area contributed by atoms with Gasteiger partial charge in [-0.05, 0) is 56.4 Å². The van der Waals surface area contributed by atoms with Crippen LogP contribution in [0.1, 0.15) is 36.9 Å². The molecule has 1 heterocycles. The number of rotatable bonds is 6. The third-order valence-corrected chi connectivity index (χ3v) is 5.56. The summed E-state index contributed by atoms with van der Waals surface area (Å²) in [5, 5.41) is 7.59. The summed E-state index contributed by atoms with van der Waals surface area (Å²) in [4.78, 5) is 23.6. The van der Waals surface area contributed by atoms with Gasteiger partial charge in [-0.2, -0.15) is 4.98 Å². The molecule has 0 unspecified atom stereocenters. The molecule has 1 amide bonds. The van der Waals surface area contributed by atoms with Gasteiger partial charge in [0.1, 0.15) is 5.82 Å². The Kier molecular flexibility index (Phi) is 7.19. The molecule has 8 heteroatoms. The Morgan fingerprint density at radius 3 is 2.34 bits per heavy atom. The van der Waals surface area contributed by atoms with Gasteiger partial charge in [-0.15, -0.1) is 0 Å². The number of aromatic nitrogens is 2. The lowest BCUT2D eigenvalue weighted by atomic mass is 9.85. The molecule has 1 saturated carbocycles. The molecule has 1 aliphatic carbocycles. The minimum Gasteiger partial charge on any atom is -0.363 e. The van der Waals surface area contributed by atoms with Crippen molar-refractivity contribution in [3.05, 3.63) is 45.6 Å². The summed E-state index contributed by atoms with van der Waals surface area (Å²) in [6.45, 7) is 2.40. The van der Waals surface area contributed by atoms with Crippen molar-refractivity contribution in [3.8, 4) is 0 Å². The van der Waals surface area contributed by atoms with E-state index in [1.807, 2.05) is 44.1 Å². The summed E-state index contributed by atoms with van der Waals surface area (Å²) in [6.07, 6.45) is 3.50. The molecular weight excluding hydrogens is 409 g/mol. The van der Waals surface area contributed by atoms with E-state index in [0.717, 1.165) is 42.8 Å². The molecule has 1 aliphatic rings. The molecule has 1 aromatic heterocycles. The van der Waals surface area contributed by atoms with Crippen LogP contribution in [0.4, 0.5) is 11.8 Å². The fourth-order valence-electron chi connectivity index (χ4n) is 3.57. The van der Waals surface area contributed by atoms with E-state index in [2.05, 4.69) is 20.6 Å². The Morgan fingerprint density at radius 1 is 1.07 bits per heavy atom. The molecule has 156 valence electrons. The zero-order valence-electron chi connectivity index (χ0n) is 17.0. The Morgan fingerprint density at radius 2 is 1.72 bits per heavy atom. The maximum absolute atomic E-state index is 12.5. The number of aryl methyl sites for hydroxylation is 1. The quantitative estimate of drug-likeness (QED) is 0.701. The molecule has 0 aliphatic heterocycles. The van der Waals surface area contributed by atoms with E-state index in [9.17, 15) is 4.79 Å². The lowest BCUT2D eigenvalue weighted by molar-refractivity contribution is -0.126. The van der Waals surface area contributed by atoms with E-state index in [1.54, 1.807) is 6.07 Å². The highest BCUT2D eigenvalue weighted by molar-refractivity contribution is 6.34. The maximum atomic E-state index is 12.5. The Hall–Kier alpha value is -2.05. The Labute approximate surface area is 182 Å². The van der Waals surface area contributed by atoms with E-state index in [1.165, 1.54) is 0 Å². The van der Waals surface area contributed by atoms with Crippen LogP contribution >= 0.6 is 23.2 Å². The van der Waals surface area contributed by atoms with Gasteiger partial charge in [-0.3, -0.25) is 4.79 Å². The molecular formula is C21H27Cl2N5O. The summed E-state index contributed by atoms with van der Waals surface area (Å²) >= 11 is 12.0. The number of benzene rings is 1. The van der Waals surface area contributed by atoms with Crippen LogP contribution in [0.5, 0.6) is 0 Å². The predicted octanol–water partition coefficient (Wildman–Crippen LogP) is 4.44. The number of carbonyl (C=O) groups excluding carboxylic acids is 1. The molecule has 0 bridgehead atoms. The average Bonchev–Trinajstić information content (AvgIpc) is 2.65. The fraction of sp³-hybridized carbons (Fsp3) is 0.476. The predicted molar refractivity (Wildman–Crippen MR) is 119 cm³/mol. The lowest BCUT2D eigenvalue weighted by Crippen LogP contribution is -2.36. The van der Waals surface area contributed by atoms with Crippen LogP contribution < -0.4 is 15.5 Å². The third kappa shape index (κ3) is 6.21. The number of anilines is 2. The SMILES string of the molecule is Cc1cc(N(C)C)nc(N[C@H]2CC[C@@H](C(=O)NCc3cc(Cl)cc(Cl)c3)CC2)n1. The van der Waals surface area contributed by atoms with Crippen LogP contribution in [-0.2, 0) is 11.3 Å². The van der Waals surface area contributed by atoms with Crippen molar-refractivity contribution in [2.75, 3.05) is 24.3 Å². The van der Waals surface area contributed by atoms with Gasteiger partial charge in [0.2, 0.25) is 11.9 Å². The van der Waals surface area contributed by atoms with Crippen molar-refractivity contribution in [3.63, 3.8) is 0 Å². The zero-order chi connectivity index (χ0) is 21.0. The van der Waals surface area contributed by atoms with Crippen molar-refractivity contribution >= 4 is 40.9 Å². The van der Waals surface area contributed by atoms with Gasteiger partial charge in [0.05, 0.1) is 0 Å². The van der Waals surface area contributed by atoms with Gasteiger partial charge in [-0.1, -0.05) is 23.2 Å². The van der Waals surface area contributed by atoms with Crippen LogP contribution in [-0.4, -0.2) is 36.0 Å². The highest BCUT2D eigenvalue weighted by Gasteiger charge is 2.26. The number of hydrogen-bond donors (Lipinski definition) is 2. The van der Waals surface area contributed by atoms with E-state index in [4.69, 9.17) is 23.2 Å². The second-order valence-corrected chi connectivity index (χ2v) is 8.65. The Balaban J connectivity index is 1.49. The normalized spacial score (nSPS) is 18.9. The number of halogens is 2. The van der Waals surface area contributed by atoms with Gasteiger partial charge in [0.15, 0.2) is 0 Å². The second-order valence-electron chi connectivity index (χ2n) is 7.77. The molecule has 1 aromatic carbocycles. The summed E-state index contributed by atoms with van der Waals surface area (Å²) in [5.74, 6) is 1.65. The molecule has 29 heavy (non-hydrogen) atoms. The van der Waals surface area contributed by atoms with Gasteiger partial charge in [0, 0.05) is 54.4 Å². The van der Waals surface area contributed by atoms with Crippen LogP contribution in [0, 0.1) is 12.8 Å². The molecule has 0 spiro atoms. The largest absolute Gasteiger partial charge is 0.363 e. The monoisotopic (exact) mass is 435 g/mol. The number of nitrogens with one attached hydrogen (secondary N) is 2. The molecule has 0 atom stereocenters. The van der Waals surface area contributed by atoms with Crippen LogP contribution in [0.3, 0.4) is 0 Å². The molecule has 2 N–H and O–H groups in total. The maximum Gasteiger partial charge on any atom is 0.225 e. The zero-order valence-corrected chi connectivity index (χ0v) is 18.5. The minimum atomic E-state index is 0.0264. The Bertz CT molecular complexity index is 846. The first-order valence-electron chi connectivity index (χ1n) is 9.82. The van der Waals surface area contributed by atoms with Crippen molar-refractivity contribution in [1.29, 1.82) is 0 Å². The third-order valence-electron chi connectivity index (χ3n) is 5.12. The first kappa shape index (κ1) is 21.7. The van der Waals surface area contributed by atoms with Crippen molar-refractivity contribution in [1.82, 2.24) is 15.3 Å². The first-order valence-corrected chi connectivity index (χ1v) is 10.6. The number of amides is 1. The second kappa shape index (κ2) is 9.63. The number of hydrogen-bond acceptors (Lipinski definition) is 5. The lowest BCUT2D eigenvalue weighted by Gasteiger charge is -2.28. The number of nitrogens with zero attached hydrogens (tertiary/aromatic N) is 3. The minimum absolute atomic E-state index is 0.0264. The molecule has 2 aromatic rings. The molecule has 0 saturated heterocycles. The molecule has 3 rings (SSSR count). The first-order chi connectivity index (χ1) is 13.8. The fourth-order valence-corrected chi connectivity index (χ4v) is 4.15. The van der Waals surface area contributed by atoms with Gasteiger partial charge in [-0.25, -0.2) is 4.98 Å². The van der Waals surface area contributed by atoms with Crippen molar-refractivity contribution in [2.24, 2.45) is 5.92 Å². The van der Waals surface area contributed by atoms with E-state index >= 15 is 0 Å². The average molecular weight is 436 g/mol. The van der Waals surface area contributed by atoms with Crippen LogP contribution in [0.2, 0.25) is 10.0 Å².